The van der Waals surface area contributed by atoms with Gasteiger partial charge in [0, 0.05) is 22.7 Å². The number of piperidine rings is 1. The molecule has 1 fully saturated rings. The number of nitrogens with one attached hydrogen (secondary N) is 1. The summed E-state index contributed by atoms with van der Waals surface area (Å²) in [7, 11) is 0. The lowest BCUT2D eigenvalue weighted by molar-refractivity contribution is 0.196. The number of halogens is 1. The second-order valence-electron chi connectivity index (χ2n) is 4.69. The summed E-state index contributed by atoms with van der Waals surface area (Å²) >= 11 is 1.65. The van der Waals surface area contributed by atoms with Crippen molar-refractivity contribution in [1.82, 2.24) is 5.32 Å². The molecule has 90 valence electrons. The van der Waals surface area contributed by atoms with Crippen LogP contribution in [-0.4, -0.2) is 13.1 Å². The molecule has 1 aromatic carbocycles. The van der Waals surface area contributed by atoms with Crippen molar-refractivity contribution in [2.75, 3.05) is 13.1 Å². The molecule has 1 saturated heterocycles. The van der Waals surface area contributed by atoms with Crippen molar-refractivity contribution in [3.8, 4) is 0 Å². The fourth-order valence-electron chi connectivity index (χ4n) is 2.62. The van der Waals surface area contributed by atoms with Crippen LogP contribution >= 0.6 is 11.3 Å². The number of benzene rings is 1. The monoisotopic (exact) mass is 249 g/mol. The van der Waals surface area contributed by atoms with Crippen LogP contribution in [0, 0.1) is 5.92 Å². The van der Waals surface area contributed by atoms with E-state index < -0.39 is 6.17 Å². The van der Waals surface area contributed by atoms with E-state index in [-0.39, 0.29) is 5.92 Å². The van der Waals surface area contributed by atoms with E-state index in [1.807, 2.05) is 17.5 Å². The van der Waals surface area contributed by atoms with Crippen LogP contribution in [0.5, 0.6) is 0 Å². The highest BCUT2D eigenvalue weighted by Gasteiger charge is 2.26. The maximum absolute atomic E-state index is 14.6. The van der Waals surface area contributed by atoms with Crippen molar-refractivity contribution in [2.45, 2.75) is 19.0 Å². The number of rotatable bonds is 2. The molecule has 1 aliphatic rings. The van der Waals surface area contributed by atoms with Crippen LogP contribution in [-0.2, 0) is 0 Å². The first-order chi connectivity index (χ1) is 8.36. The second-order valence-corrected chi connectivity index (χ2v) is 5.61. The molecule has 2 aromatic rings. The normalized spacial score (nSPS) is 22.8. The predicted molar refractivity (Wildman–Crippen MR) is 71.3 cm³/mol. The lowest BCUT2D eigenvalue weighted by Gasteiger charge is -2.26. The zero-order valence-electron chi connectivity index (χ0n) is 9.66. The molecule has 2 heterocycles. The fraction of sp³-hybridized carbons (Fsp3) is 0.429. The summed E-state index contributed by atoms with van der Waals surface area (Å²) in [6, 6.07) is 8.03. The molecule has 17 heavy (non-hydrogen) atoms. The molecule has 0 aliphatic carbocycles. The maximum atomic E-state index is 14.6. The molecule has 0 spiro atoms. The summed E-state index contributed by atoms with van der Waals surface area (Å²) < 4.78 is 15.7. The van der Waals surface area contributed by atoms with Crippen molar-refractivity contribution in [2.24, 2.45) is 5.92 Å². The minimum Gasteiger partial charge on any atom is -0.316 e. The van der Waals surface area contributed by atoms with Crippen LogP contribution in [0.3, 0.4) is 0 Å². The van der Waals surface area contributed by atoms with Gasteiger partial charge in [0.2, 0.25) is 0 Å². The Morgan fingerprint density at radius 2 is 2.29 bits per heavy atom. The maximum Gasteiger partial charge on any atom is 0.131 e. The summed E-state index contributed by atoms with van der Waals surface area (Å²) in [5.74, 6) is 0.136. The largest absolute Gasteiger partial charge is 0.316 e. The van der Waals surface area contributed by atoms with Gasteiger partial charge >= 0.3 is 0 Å². The molecule has 0 saturated carbocycles. The van der Waals surface area contributed by atoms with Gasteiger partial charge < -0.3 is 5.32 Å². The van der Waals surface area contributed by atoms with E-state index >= 15 is 0 Å². The third kappa shape index (κ3) is 2.09. The molecule has 0 amide bonds. The second kappa shape index (κ2) is 4.75. The number of hydrogen-bond donors (Lipinski definition) is 1. The van der Waals surface area contributed by atoms with Gasteiger partial charge in [-0.1, -0.05) is 18.2 Å². The Kier molecular flexibility index (Phi) is 3.12. The molecule has 1 nitrogen and oxygen atoms in total. The Morgan fingerprint density at radius 3 is 3.12 bits per heavy atom. The van der Waals surface area contributed by atoms with E-state index in [2.05, 4.69) is 17.4 Å². The van der Waals surface area contributed by atoms with Gasteiger partial charge in [-0.2, -0.15) is 0 Å². The summed E-state index contributed by atoms with van der Waals surface area (Å²) in [4.78, 5) is 0. The van der Waals surface area contributed by atoms with Gasteiger partial charge in [0.15, 0.2) is 0 Å². The van der Waals surface area contributed by atoms with Crippen LogP contribution in [0.4, 0.5) is 4.39 Å². The molecule has 3 heteroatoms. The minimum atomic E-state index is -0.829. The standard InChI is InChI=1S/C14H16FNS/c15-13(11-4-2-7-16-9-11)12-5-1-3-10-6-8-17-14(10)12/h1,3,5-6,8,11,13,16H,2,4,7,9H2. The van der Waals surface area contributed by atoms with Gasteiger partial charge in [-0.15, -0.1) is 11.3 Å². The average molecular weight is 249 g/mol. The molecule has 3 rings (SSSR count). The number of fused-ring (bicyclic) bond motifs is 1. The van der Waals surface area contributed by atoms with Gasteiger partial charge in [0.05, 0.1) is 0 Å². The van der Waals surface area contributed by atoms with Gasteiger partial charge in [-0.25, -0.2) is 4.39 Å². The van der Waals surface area contributed by atoms with E-state index in [4.69, 9.17) is 0 Å². The first-order valence-electron chi connectivity index (χ1n) is 6.17. The molecule has 2 atom stereocenters. The highest BCUT2D eigenvalue weighted by atomic mass is 32.1. The Hall–Kier alpha value is -0.930. The average Bonchev–Trinajstić information content (AvgIpc) is 2.87. The molecule has 1 aliphatic heterocycles. The number of alkyl halides is 1. The van der Waals surface area contributed by atoms with Crippen LogP contribution in [0.2, 0.25) is 0 Å². The van der Waals surface area contributed by atoms with Gasteiger partial charge in [-0.05, 0) is 36.2 Å². The third-order valence-electron chi connectivity index (χ3n) is 3.56. The smallest absolute Gasteiger partial charge is 0.131 e. The topological polar surface area (TPSA) is 12.0 Å². The van der Waals surface area contributed by atoms with Crippen LogP contribution in [0.15, 0.2) is 29.6 Å². The van der Waals surface area contributed by atoms with Gasteiger partial charge in [0.25, 0.3) is 0 Å². The molecule has 0 radical (unpaired) electrons. The zero-order chi connectivity index (χ0) is 11.7. The predicted octanol–water partition coefficient (Wildman–Crippen LogP) is 3.91. The van der Waals surface area contributed by atoms with E-state index in [1.165, 1.54) is 5.39 Å². The van der Waals surface area contributed by atoms with Crippen molar-refractivity contribution in [3.05, 3.63) is 35.2 Å². The Labute approximate surface area is 105 Å². The minimum absolute atomic E-state index is 0.136. The third-order valence-corrected chi connectivity index (χ3v) is 4.53. The molecule has 1 N–H and O–H groups in total. The highest BCUT2D eigenvalue weighted by Crippen LogP contribution is 2.36. The van der Waals surface area contributed by atoms with Crippen LogP contribution in [0.25, 0.3) is 10.1 Å². The Morgan fingerprint density at radius 1 is 1.35 bits per heavy atom. The number of thiophene rings is 1. The van der Waals surface area contributed by atoms with Crippen molar-refractivity contribution < 1.29 is 4.39 Å². The molecule has 2 unspecified atom stereocenters. The molecule has 0 bridgehead atoms. The summed E-state index contributed by atoms with van der Waals surface area (Å²) in [5.41, 5.74) is 0.881. The molecular weight excluding hydrogens is 233 g/mol. The fourth-order valence-corrected chi connectivity index (χ4v) is 3.56. The van der Waals surface area contributed by atoms with E-state index in [1.54, 1.807) is 11.3 Å². The van der Waals surface area contributed by atoms with Crippen molar-refractivity contribution >= 4 is 21.4 Å². The SMILES string of the molecule is FC(c1cccc2ccsc12)C1CCCNC1. The highest BCUT2D eigenvalue weighted by molar-refractivity contribution is 7.17. The molecular formula is C14H16FNS. The summed E-state index contributed by atoms with van der Waals surface area (Å²) in [5, 5.41) is 6.50. The summed E-state index contributed by atoms with van der Waals surface area (Å²) in [6.45, 7) is 1.84. The molecule has 1 aromatic heterocycles. The van der Waals surface area contributed by atoms with E-state index in [0.717, 1.165) is 36.2 Å². The first kappa shape index (κ1) is 11.2. The van der Waals surface area contributed by atoms with E-state index in [0.29, 0.717) is 0 Å². The Bertz CT molecular complexity index is 502. The van der Waals surface area contributed by atoms with Crippen LogP contribution in [0.1, 0.15) is 24.6 Å². The van der Waals surface area contributed by atoms with Crippen molar-refractivity contribution in [1.29, 1.82) is 0 Å². The lowest BCUT2D eigenvalue weighted by Crippen LogP contribution is -2.32. The van der Waals surface area contributed by atoms with Crippen molar-refractivity contribution in [3.63, 3.8) is 0 Å². The number of hydrogen-bond acceptors (Lipinski definition) is 2. The Balaban J connectivity index is 1.94. The van der Waals surface area contributed by atoms with Gasteiger partial charge in [-0.3, -0.25) is 0 Å². The van der Waals surface area contributed by atoms with Gasteiger partial charge in [0.1, 0.15) is 6.17 Å². The quantitative estimate of drug-likeness (QED) is 0.851. The van der Waals surface area contributed by atoms with E-state index in [9.17, 15) is 4.39 Å². The van der Waals surface area contributed by atoms with Crippen LogP contribution < -0.4 is 5.32 Å². The zero-order valence-corrected chi connectivity index (χ0v) is 10.5. The first-order valence-corrected chi connectivity index (χ1v) is 7.05. The lowest BCUT2D eigenvalue weighted by atomic mass is 9.90. The summed E-state index contributed by atoms with van der Waals surface area (Å²) in [6.07, 6.45) is 1.26.